The van der Waals surface area contributed by atoms with Gasteiger partial charge in [0.05, 0.1) is 27.8 Å². The molecule has 5 aromatic carbocycles. The summed E-state index contributed by atoms with van der Waals surface area (Å²) < 4.78 is 0. The number of nitrogens with zero attached hydrogens (tertiary/aromatic N) is 3. The lowest BCUT2D eigenvalue weighted by atomic mass is 9.98. The second-order valence-corrected chi connectivity index (χ2v) is 24.2. The van der Waals surface area contributed by atoms with Crippen molar-refractivity contribution in [1.29, 1.82) is 0 Å². The summed E-state index contributed by atoms with van der Waals surface area (Å²) in [6, 6.07) is 37.6. The highest BCUT2D eigenvalue weighted by Crippen LogP contribution is 2.32. The van der Waals surface area contributed by atoms with E-state index in [9.17, 15) is 0 Å². The molecule has 7 heteroatoms. The van der Waals surface area contributed by atoms with Gasteiger partial charge < -0.3 is 19.9 Å². The zero-order valence-electron chi connectivity index (χ0n) is 49.6. The predicted octanol–water partition coefficient (Wildman–Crippen LogP) is 20.5. The van der Waals surface area contributed by atoms with Crippen LogP contribution in [0.1, 0.15) is 248 Å². The minimum Gasteiger partial charge on any atom is -0.358 e. The Morgan fingerprint density at radius 3 is 1.01 bits per heavy atom. The fourth-order valence-corrected chi connectivity index (χ4v) is 8.95. The summed E-state index contributed by atoms with van der Waals surface area (Å²) in [5, 5.41) is 2.64. The van der Waals surface area contributed by atoms with Gasteiger partial charge in [0.25, 0.3) is 0 Å². The third-order valence-electron chi connectivity index (χ3n) is 14.5. The molecule has 7 nitrogen and oxygen atoms in total. The number of hydrogen-bond donors (Lipinski definition) is 4. The number of benzene rings is 5. The van der Waals surface area contributed by atoms with Gasteiger partial charge in [-0.25, -0.2) is 9.97 Å². The molecule has 0 bridgehead atoms. The van der Waals surface area contributed by atoms with Crippen LogP contribution in [0.3, 0.4) is 0 Å². The highest BCUT2D eigenvalue weighted by atomic mass is 14.9. The smallest absolute Gasteiger partial charge is 0.109 e. The van der Waals surface area contributed by atoms with E-state index in [1.165, 1.54) is 78.0 Å². The van der Waals surface area contributed by atoms with E-state index in [2.05, 4.69) is 272 Å². The van der Waals surface area contributed by atoms with Crippen LogP contribution in [0.5, 0.6) is 0 Å². The first-order valence-electron chi connectivity index (χ1n) is 28.3. The summed E-state index contributed by atoms with van der Waals surface area (Å²) in [6.07, 6.45) is 1.05. The summed E-state index contributed by atoms with van der Waals surface area (Å²) >= 11 is 0. The van der Waals surface area contributed by atoms with Crippen LogP contribution in [-0.2, 0) is 6.42 Å². The van der Waals surface area contributed by atoms with E-state index < -0.39 is 0 Å². The Hall–Kier alpha value is -6.21. The first-order valence-corrected chi connectivity index (χ1v) is 28.3. The molecule has 4 N–H and O–H groups in total. The summed E-state index contributed by atoms with van der Waals surface area (Å²) in [7, 11) is 0. The number of hydrogen-bond acceptors (Lipinski definition) is 3. The molecule has 1 aliphatic heterocycles. The molecular formula is C68H93N7. The maximum absolute atomic E-state index is 4.71. The van der Waals surface area contributed by atoms with E-state index in [1.807, 2.05) is 0 Å². The minimum atomic E-state index is 0.458. The quantitative estimate of drug-likeness (QED) is 0.110. The van der Waals surface area contributed by atoms with E-state index in [1.54, 1.807) is 0 Å². The topological polar surface area (TPSA) is 101 Å². The van der Waals surface area contributed by atoms with Crippen LogP contribution in [0, 0.1) is 5.92 Å². The van der Waals surface area contributed by atoms with E-state index in [4.69, 9.17) is 4.99 Å². The molecule has 0 aliphatic carbocycles. The van der Waals surface area contributed by atoms with Crippen molar-refractivity contribution in [2.24, 2.45) is 10.9 Å². The largest absolute Gasteiger partial charge is 0.358 e. The molecule has 0 spiro atoms. The molecular weight excluding hydrogens is 915 g/mol. The third-order valence-corrected chi connectivity index (χ3v) is 14.5. The SMILES string of the molecule is CC(C)C1=Nc2cc(C(C)C)ccc2C1.CC(C)c1ccc2cc(C(C)C)[nH]c2c1.CC(C)c1ccc2cc(C(C)C)[nH]c2c1.CC(C)c1ccc2nc(C(C)C)[nH]c2c1.CC(C)c1ccc2nc(C(C)C)[nH]c2c1. The summed E-state index contributed by atoms with van der Waals surface area (Å²) in [5.41, 5.74) is 20.5. The van der Waals surface area contributed by atoms with Crippen LogP contribution in [0.25, 0.3) is 43.9 Å². The van der Waals surface area contributed by atoms with Crippen LogP contribution < -0.4 is 0 Å². The number of aliphatic imine (C=N–C) groups is 1. The fraction of sp³-hybridized carbons (Fsp3) is 0.456. The first kappa shape index (κ1) is 58.1. The van der Waals surface area contributed by atoms with Gasteiger partial charge in [0, 0.05) is 46.4 Å². The Kier molecular flexibility index (Phi) is 19.8. The molecule has 400 valence electrons. The van der Waals surface area contributed by atoms with Crippen LogP contribution in [0.4, 0.5) is 5.69 Å². The lowest BCUT2D eigenvalue weighted by Gasteiger charge is -2.06. The van der Waals surface area contributed by atoms with Crippen molar-refractivity contribution < 1.29 is 0 Å². The normalized spacial score (nSPS) is 12.4. The van der Waals surface area contributed by atoms with Gasteiger partial charge in [-0.3, -0.25) is 4.99 Å². The molecule has 0 radical (unpaired) electrons. The maximum atomic E-state index is 4.71. The Bertz CT molecular complexity index is 2900. The lowest BCUT2D eigenvalue weighted by molar-refractivity contribution is 0.799. The van der Waals surface area contributed by atoms with Gasteiger partial charge in [-0.2, -0.15) is 0 Å². The zero-order chi connectivity index (χ0) is 55.0. The summed E-state index contributed by atoms with van der Waals surface area (Å²) in [4.78, 5) is 27.6. The van der Waals surface area contributed by atoms with Crippen molar-refractivity contribution in [2.45, 2.75) is 198 Å². The molecule has 9 aromatic rings. The second kappa shape index (κ2) is 25.6. The number of aromatic nitrogens is 6. The van der Waals surface area contributed by atoms with Crippen molar-refractivity contribution in [3.05, 3.63) is 160 Å². The van der Waals surface area contributed by atoms with Crippen molar-refractivity contribution in [2.75, 3.05) is 0 Å². The first-order chi connectivity index (χ1) is 35.4. The van der Waals surface area contributed by atoms with Gasteiger partial charge in [-0.1, -0.05) is 187 Å². The van der Waals surface area contributed by atoms with Crippen molar-refractivity contribution in [3.8, 4) is 0 Å². The molecule has 10 rings (SSSR count). The summed E-state index contributed by atoms with van der Waals surface area (Å²) in [5.74, 6) is 7.70. The van der Waals surface area contributed by atoms with E-state index in [0.717, 1.165) is 40.1 Å². The second-order valence-electron chi connectivity index (χ2n) is 24.2. The highest BCUT2D eigenvalue weighted by molar-refractivity contribution is 5.95. The molecule has 0 saturated carbocycles. The molecule has 75 heavy (non-hydrogen) atoms. The Morgan fingerprint density at radius 1 is 0.320 bits per heavy atom. The molecule has 0 atom stereocenters. The van der Waals surface area contributed by atoms with Crippen LogP contribution in [0.15, 0.2) is 108 Å². The van der Waals surface area contributed by atoms with Gasteiger partial charge in [0.1, 0.15) is 11.6 Å². The van der Waals surface area contributed by atoms with Gasteiger partial charge >= 0.3 is 0 Å². The predicted molar refractivity (Wildman–Crippen MR) is 328 cm³/mol. The molecule has 0 fully saturated rings. The summed E-state index contributed by atoms with van der Waals surface area (Å²) in [6.45, 7) is 44.1. The van der Waals surface area contributed by atoms with Crippen LogP contribution in [-0.4, -0.2) is 35.6 Å². The van der Waals surface area contributed by atoms with Crippen LogP contribution >= 0.6 is 0 Å². The van der Waals surface area contributed by atoms with E-state index in [0.29, 0.717) is 59.2 Å². The minimum absolute atomic E-state index is 0.458. The van der Waals surface area contributed by atoms with Crippen LogP contribution in [0.2, 0.25) is 0 Å². The lowest BCUT2D eigenvalue weighted by Crippen LogP contribution is -2.06. The van der Waals surface area contributed by atoms with Gasteiger partial charge in [-0.15, -0.1) is 0 Å². The monoisotopic (exact) mass is 1010 g/mol. The fourth-order valence-electron chi connectivity index (χ4n) is 8.95. The number of nitrogens with one attached hydrogen (secondary N) is 4. The molecule has 1 aliphatic rings. The molecule has 0 amide bonds. The Balaban J connectivity index is 0.000000152. The molecule has 4 aromatic heterocycles. The van der Waals surface area contributed by atoms with Crippen molar-refractivity contribution >= 4 is 55.3 Å². The molecule has 5 heterocycles. The Morgan fingerprint density at radius 2 is 0.667 bits per heavy atom. The van der Waals surface area contributed by atoms with Crippen molar-refractivity contribution in [1.82, 2.24) is 29.9 Å². The molecule has 0 saturated heterocycles. The van der Waals surface area contributed by atoms with Gasteiger partial charge in [-0.05, 0) is 146 Å². The number of imidazole rings is 2. The van der Waals surface area contributed by atoms with E-state index in [-0.39, 0.29) is 0 Å². The van der Waals surface area contributed by atoms with Gasteiger partial charge in [0.2, 0.25) is 0 Å². The van der Waals surface area contributed by atoms with Crippen molar-refractivity contribution in [3.63, 3.8) is 0 Å². The van der Waals surface area contributed by atoms with E-state index >= 15 is 0 Å². The highest BCUT2D eigenvalue weighted by Gasteiger charge is 2.18. The number of aromatic amines is 4. The average Bonchev–Trinajstić information content (AvgIpc) is 4.22. The zero-order valence-corrected chi connectivity index (χ0v) is 49.6. The molecule has 0 unspecified atom stereocenters. The number of H-pyrrole nitrogens is 4. The average molecular weight is 1010 g/mol. The Labute approximate surface area is 451 Å². The maximum Gasteiger partial charge on any atom is 0.109 e. The number of rotatable bonds is 10. The standard InChI is InChI=1S/3C14H19N.2C13H18N2/c3*1-9(2)11-5-6-12-8-13(10(3)4)15-14(12)7-11;2*1-8(2)10-5-6-11-12(7-10)15-13(14-11)9(3)4/h5-7,9-10H,8H2,1-4H3;2*5-10,15H,1-4H3;2*5-9H,1-4H3,(H,14,15). The van der Waals surface area contributed by atoms with Gasteiger partial charge in [0.15, 0.2) is 0 Å². The number of fused-ring (bicyclic) bond motifs is 5. The third kappa shape index (κ3) is 15.2.